The Morgan fingerprint density at radius 1 is 1.17 bits per heavy atom. The summed E-state index contributed by atoms with van der Waals surface area (Å²) in [6, 6.07) is 12.0. The number of anilines is 1. The summed E-state index contributed by atoms with van der Waals surface area (Å²) < 4.78 is 8.17. The molecule has 1 N–H and O–H groups in total. The van der Waals surface area contributed by atoms with Crippen LogP contribution in [0.25, 0.3) is 11.3 Å². The number of nitrogens with zero attached hydrogens (tertiary/aromatic N) is 4. The Kier molecular flexibility index (Phi) is 3.42. The lowest BCUT2D eigenvalue weighted by atomic mass is 10.1. The van der Waals surface area contributed by atoms with Crippen molar-refractivity contribution in [1.29, 1.82) is 0 Å². The van der Waals surface area contributed by atoms with E-state index in [1.165, 1.54) is 11.8 Å². The van der Waals surface area contributed by atoms with Crippen LogP contribution >= 0.6 is 11.8 Å². The molecule has 7 heteroatoms. The predicted octanol–water partition coefficient (Wildman–Crippen LogP) is 3.10. The molecule has 2 aromatic heterocycles. The van der Waals surface area contributed by atoms with Gasteiger partial charge in [-0.15, -0.1) is 10.2 Å². The molecule has 0 bridgehead atoms. The molecule has 3 heterocycles. The molecular formula is C16H15N5OS. The Morgan fingerprint density at radius 3 is 2.83 bits per heavy atom. The van der Waals surface area contributed by atoms with Crippen LogP contribution in [0.5, 0.6) is 5.88 Å². The molecule has 4 rings (SSSR count). The van der Waals surface area contributed by atoms with Crippen molar-refractivity contribution in [2.24, 2.45) is 7.05 Å². The normalized spacial score (nSPS) is 15.8. The van der Waals surface area contributed by atoms with Crippen molar-refractivity contribution < 1.29 is 4.74 Å². The third-order valence-electron chi connectivity index (χ3n) is 3.77. The zero-order valence-corrected chi connectivity index (χ0v) is 13.5. The highest BCUT2D eigenvalue weighted by atomic mass is 32.2. The zero-order valence-electron chi connectivity index (χ0n) is 12.7. The topological polar surface area (TPSA) is 64.9 Å². The number of fused-ring (bicyclic) bond motifs is 3. The molecule has 1 unspecified atom stereocenters. The van der Waals surface area contributed by atoms with Crippen molar-refractivity contribution in [3.8, 4) is 17.1 Å². The first kappa shape index (κ1) is 14.1. The van der Waals surface area contributed by atoms with Crippen molar-refractivity contribution in [2.45, 2.75) is 11.4 Å². The summed E-state index contributed by atoms with van der Waals surface area (Å²) in [5, 5.41) is 12.5. The zero-order chi connectivity index (χ0) is 15.8. The van der Waals surface area contributed by atoms with Gasteiger partial charge in [0.05, 0.1) is 5.69 Å². The first-order valence-corrected chi connectivity index (χ1v) is 8.41. The largest absolute Gasteiger partial charge is 0.446 e. The van der Waals surface area contributed by atoms with E-state index in [1.807, 2.05) is 60.5 Å². The molecule has 1 aliphatic rings. The van der Waals surface area contributed by atoms with Gasteiger partial charge in [-0.2, -0.15) is 4.98 Å². The van der Waals surface area contributed by atoms with Gasteiger partial charge >= 0.3 is 0 Å². The predicted molar refractivity (Wildman–Crippen MR) is 89.4 cm³/mol. The Hall–Kier alpha value is -2.54. The monoisotopic (exact) mass is 325 g/mol. The van der Waals surface area contributed by atoms with E-state index in [-0.39, 0.29) is 6.23 Å². The van der Waals surface area contributed by atoms with Crippen LogP contribution in [0.2, 0.25) is 0 Å². The number of rotatable bonds is 2. The van der Waals surface area contributed by atoms with E-state index in [1.54, 1.807) is 0 Å². The Bertz CT molecular complexity index is 863. The number of ether oxygens (including phenoxy) is 1. The quantitative estimate of drug-likeness (QED) is 0.730. The van der Waals surface area contributed by atoms with Gasteiger partial charge in [0.1, 0.15) is 0 Å². The van der Waals surface area contributed by atoms with Crippen molar-refractivity contribution in [1.82, 2.24) is 19.7 Å². The minimum Gasteiger partial charge on any atom is -0.446 e. The summed E-state index contributed by atoms with van der Waals surface area (Å²) in [7, 11) is 1.99. The first-order valence-electron chi connectivity index (χ1n) is 7.19. The van der Waals surface area contributed by atoms with Gasteiger partial charge in [-0.05, 0) is 24.5 Å². The molecule has 0 fully saturated rings. The van der Waals surface area contributed by atoms with Gasteiger partial charge in [-0.25, -0.2) is 0 Å². The second kappa shape index (κ2) is 5.58. The van der Waals surface area contributed by atoms with E-state index < -0.39 is 0 Å². The van der Waals surface area contributed by atoms with Gasteiger partial charge in [0.15, 0.2) is 5.69 Å². The smallest absolute Gasteiger partial charge is 0.247 e. The van der Waals surface area contributed by atoms with Gasteiger partial charge in [0, 0.05) is 24.5 Å². The number of hydrogen-bond acceptors (Lipinski definition) is 6. The number of benzene rings is 1. The number of hydrogen-bond donors (Lipinski definition) is 1. The molecule has 1 atom stereocenters. The van der Waals surface area contributed by atoms with Crippen molar-refractivity contribution in [3.63, 3.8) is 0 Å². The summed E-state index contributed by atoms with van der Waals surface area (Å²) in [5.41, 5.74) is 3.55. The molecule has 23 heavy (non-hydrogen) atoms. The second-order valence-electron chi connectivity index (χ2n) is 5.18. The van der Waals surface area contributed by atoms with Crippen LogP contribution in [0.1, 0.15) is 11.9 Å². The van der Waals surface area contributed by atoms with E-state index >= 15 is 0 Å². The highest BCUT2D eigenvalue weighted by molar-refractivity contribution is 7.98. The molecule has 0 radical (unpaired) electrons. The third kappa shape index (κ3) is 2.43. The van der Waals surface area contributed by atoms with Crippen LogP contribution in [-0.4, -0.2) is 26.0 Å². The fourth-order valence-electron chi connectivity index (χ4n) is 2.61. The van der Waals surface area contributed by atoms with Gasteiger partial charge < -0.3 is 14.6 Å². The molecule has 3 aromatic rings. The van der Waals surface area contributed by atoms with Crippen molar-refractivity contribution in [3.05, 3.63) is 48.3 Å². The summed E-state index contributed by atoms with van der Waals surface area (Å²) in [6.07, 6.45) is 3.56. The number of thioether (sulfide) groups is 1. The minimum atomic E-state index is -0.344. The summed E-state index contributed by atoms with van der Waals surface area (Å²) in [4.78, 5) is 4.50. The summed E-state index contributed by atoms with van der Waals surface area (Å²) in [5.74, 6) is 0.494. The summed E-state index contributed by atoms with van der Waals surface area (Å²) >= 11 is 1.44. The van der Waals surface area contributed by atoms with E-state index in [0.29, 0.717) is 16.7 Å². The van der Waals surface area contributed by atoms with Crippen LogP contribution in [-0.2, 0) is 7.05 Å². The van der Waals surface area contributed by atoms with Crippen LogP contribution in [0.4, 0.5) is 5.69 Å². The van der Waals surface area contributed by atoms with E-state index in [4.69, 9.17) is 4.74 Å². The first-order chi connectivity index (χ1) is 11.3. The van der Waals surface area contributed by atoms with Crippen molar-refractivity contribution in [2.75, 3.05) is 11.6 Å². The number of nitrogens with one attached hydrogen (secondary N) is 1. The molecule has 1 aromatic carbocycles. The average molecular weight is 325 g/mol. The second-order valence-corrected chi connectivity index (χ2v) is 5.96. The Balaban J connectivity index is 1.89. The fraction of sp³-hybridized carbons (Fsp3) is 0.188. The maximum atomic E-state index is 6.15. The molecular weight excluding hydrogens is 310 g/mol. The van der Waals surface area contributed by atoms with Crippen LogP contribution in [0.3, 0.4) is 0 Å². The third-order valence-corrected chi connectivity index (χ3v) is 4.31. The maximum absolute atomic E-state index is 6.15. The molecule has 1 aliphatic heterocycles. The van der Waals surface area contributed by atoms with Crippen LogP contribution < -0.4 is 10.1 Å². The van der Waals surface area contributed by atoms with E-state index in [0.717, 1.165) is 16.9 Å². The molecule has 0 saturated carbocycles. The standard InChI is InChI=1S/C16H15N5OS/c1-21-9-5-8-12(21)14-17-11-7-4-3-6-10(11)13-15(22-14)18-16(23-2)20-19-13/h3-9,14,17H,1-2H3. The number of para-hydroxylation sites is 1. The number of aryl methyl sites for hydroxylation is 1. The SMILES string of the molecule is CSc1nnc2c(n1)OC(c1cccn1C)Nc1ccccc1-2. The molecule has 0 saturated heterocycles. The van der Waals surface area contributed by atoms with Gasteiger partial charge in [0.25, 0.3) is 0 Å². The molecule has 0 spiro atoms. The Labute approximate surface area is 137 Å². The fourth-order valence-corrected chi connectivity index (χ4v) is 2.91. The van der Waals surface area contributed by atoms with Gasteiger partial charge in [-0.3, -0.25) is 0 Å². The van der Waals surface area contributed by atoms with Gasteiger partial charge in [-0.1, -0.05) is 30.0 Å². The van der Waals surface area contributed by atoms with Crippen LogP contribution in [0, 0.1) is 0 Å². The molecule has 116 valence electrons. The average Bonchev–Trinajstić information content (AvgIpc) is 2.93. The van der Waals surface area contributed by atoms with Crippen LogP contribution in [0.15, 0.2) is 47.8 Å². The molecule has 0 aliphatic carbocycles. The summed E-state index contributed by atoms with van der Waals surface area (Å²) in [6.45, 7) is 0. The molecule has 6 nitrogen and oxygen atoms in total. The highest BCUT2D eigenvalue weighted by Crippen LogP contribution is 2.39. The van der Waals surface area contributed by atoms with E-state index in [9.17, 15) is 0 Å². The minimum absolute atomic E-state index is 0.344. The number of aromatic nitrogens is 4. The maximum Gasteiger partial charge on any atom is 0.247 e. The van der Waals surface area contributed by atoms with Crippen molar-refractivity contribution >= 4 is 17.4 Å². The lowest BCUT2D eigenvalue weighted by molar-refractivity contribution is 0.217. The molecule has 0 amide bonds. The van der Waals surface area contributed by atoms with Gasteiger partial charge in [0.2, 0.25) is 17.3 Å². The van der Waals surface area contributed by atoms with E-state index in [2.05, 4.69) is 20.5 Å². The lowest BCUT2D eigenvalue weighted by Crippen LogP contribution is -2.19. The Morgan fingerprint density at radius 2 is 2.04 bits per heavy atom. The highest BCUT2D eigenvalue weighted by Gasteiger charge is 2.26. The lowest BCUT2D eigenvalue weighted by Gasteiger charge is -2.19.